The van der Waals surface area contributed by atoms with E-state index in [-0.39, 0.29) is 12.6 Å². The molecular formula is C13H21N3O2. The van der Waals surface area contributed by atoms with Crippen molar-refractivity contribution in [3.05, 3.63) is 11.8 Å². The molecule has 0 spiro atoms. The van der Waals surface area contributed by atoms with Gasteiger partial charge in [0.1, 0.15) is 0 Å². The Morgan fingerprint density at radius 1 is 1.44 bits per heavy atom. The summed E-state index contributed by atoms with van der Waals surface area (Å²) in [4.78, 5) is 8.69. The second-order valence-corrected chi connectivity index (χ2v) is 4.73. The van der Waals surface area contributed by atoms with Gasteiger partial charge < -0.3 is 15.2 Å². The molecule has 2 atom stereocenters. The normalized spacial score (nSPS) is 23.1. The average molecular weight is 251 g/mol. The minimum absolute atomic E-state index is 0.224. The summed E-state index contributed by atoms with van der Waals surface area (Å²) < 4.78 is 5.40. The summed E-state index contributed by atoms with van der Waals surface area (Å²) >= 11 is 0. The zero-order valence-electron chi connectivity index (χ0n) is 11.0. The number of aromatic nitrogens is 2. The number of anilines is 1. The standard InChI is InChI=1S/C13H21N3O2/c1-3-18-12-7-9(2)14-13(16-12)15-11-6-4-5-10(11)8-17/h7,10-11,17H,3-6,8H2,1-2H3,(H,14,15,16). The number of nitrogens with one attached hydrogen (secondary N) is 1. The first-order chi connectivity index (χ1) is 8.72. The van der Waals surface area contributed by atoms with Crippen molar-refractivity contribution < 1.29 is 9.84 Å². The Hall–Kier alpha value is -1.36. The molecule has 0 saturated heterocycles. The fourth-order valence-electron chi connectivity index (χ4n) is 2.44. The number of rotatable bonds is 5. The van der Waals surface area contributed by atoms with Crippen molar-refractivity contribution >= 4 is 5.95 Å². The van der Waals surface area contributed by atoms with Gasteiger partial charge in [-0.25, -0.2) is 4.98 Å². The van der Waals surface area contributed by atoms with E-state index in [1.807, 2.05) is 19.9 Å². The van der Waals surface area contributed by atoms with Gasteiger partial charge in [0, 0.05) is 30.3 Å². The van der Waals surface area contributed by atoms with Gasteiger partial charge in [0.15, 0.2) is 0 Å². The first kappa shape index (κ1) is 13.1. The van der Waals surface area contributed by atoms with Crippen LogP contribution in [-0.2, 0) is 0 Å². The van der Waals surface area contributed by atoms with Gasteiger partial charge in [-0.3, -0.25) is 0 Å². The third-order valence-electron chi connectivity index (χ3n) is 3.33. The third-order valence-corrected chi connectivity index (χ3v) is 3.33. The van der Waals surface area contributed by atoms with Crippen molar-refractivity contribution in [1.82, 2.24) is 9.97 Å². The van der Waals surface area contributed by atoms with Crippen LogP contribution >= 0.6 is 0 Å². The first-order valence-corrected chi connectivity index (χ1v) is 6.58. The van der Waals surface area contributed by atoms with E-state index in [0.29, 0.717) is 24.4 Å². The molecule has 1 fully saturated rings. The molecule has 1 heterocycles. The molecule has 0 amide bonds. The molecule has 1 saturated carbocycles. The number of hydrogen-bond donors (Lipinski definition) is 2. The second kappa shape index (κ2) is 6.00. The van der Waals surface area contributed by atoms with E-state index in [4.69, 9.17) is 4.74 Å². The highest BCUT2D eigenvalue weighted by molar-refractivity contribution is 5.32. The van der Waals surface area contributed by atoms with Crippen molar-refractivity contribution in [2.45, 2.75) is 39.2 Å². The van der Waals surface area contributed by atoms with Crippen LogP contribution in [-0.4, -0.2) is 34.3 Å². The quantitative estimate of drug-likeness (QED) is 0.834. The lowest BCUT2D eigenvalue weighted by atomic mass is 10.1. The molecule has 0 bridgehead atoms. The van der Waals surface area contributed by atoms with E-state index in [9.17, 15) is 5.11 Å². The number of hydrogen-bond acceptors (Lipinski definition) is 5. The molecule has 1 aliphatic carbocycles. The molecule has 1 aromatic rings. The SMILES string of the molecule is CCOc1cc(C)nc(NC2CCCC2CO)n1. The first-order valence-electron chi connectivity index (χ1n) is 6.58. The van der Waals surface area contributed by atoms with Crippen LogP contribution in [0.3, 0.4) is 0 Å². The summed E-state index contributed by atoms with van der Waals surface area (Å²) in [6, 6.07) is 2.10. The number of aliphatic hydroxyl groups excluding tert-OH is 1. The van der Waals surface area contributed by atoms with Crippen LogP contribution in [0.5, 0.6) is 5.88 Å². The maximum absolute atomic E-state index is 9.30. The van der Waals surface area contributed by atoms with Crippen molar-refractivity contribution in [3.63, 3.8) is 0 Å². The topological polar surface area (TPSA) is 67.3 Å². The molecule has 5 heteroatoms. The van der Waals surface area contributed by atoms with Gasteiger partial charge in [0.25, 0.3) is 0 Å². The lowest BCUT2D eigenvalue weighted by Crippen LogP contribution is -2.27. The van der Waals surface area contributed by atoms with Gasteiger partial charge in [0.05, 0.1) is 6.61 Å². The Kier molecular flexibility index (Phi) is 4.36. The largest absolute Gasteiger partial charge is 0.478 e. The molecule has 18 heavy (non-hydrogen) atoms. The van der Waals surface area contributed by atoms with Crippen LogP contribution in [0.2, 0.25) is 0 Å². The smallest absolute Gasteiger partial charge is 0.226 e. The maximum Gasteiger partial charge on any atom is 0.226 e. The average Bonchev–Trinajstić information content (AvgIpc) is 2.76. The summed E-state index contributed by atoms with van der Waals surface area (Å²) in [5, 5.41) is 12.6. The van der Waals surface area contributed by atoms with Crippen LogP contribution in [0.4, 0.5) is 5.95 Å². The summed E-state index contributed by atoms with van der Waals surface area (Å²) in [6.07, 6.45) is 3.28. The zero-order chi connectivity index (χ0) is 13.0. The predicted molar refractivity (Wildman–Crippen MR) is 69.8 cm³/mol. The zero-order valence-corrected chi connectivity index (χ0v) is 11.0. The minimum atomic E-state index is 0.224. The number of aliphatic hydroxyl groups is 1. The monoisotopic (exact) mass is 251 g/mol. The van der Waals surface area contributed by atoms with E-state index in [2.05, 4.69) is 15.3 Å². The molecule has 5 nitrogen and oxygen atoms in total. The molecule has 0 aromatic carbocycles. The fraction of sp³-hybridized carbons (Fsp3) is 0.692. The number of ether oxygens (including phenoxy) is 1. The predicted octanol–water partition coefficient (Wildman–Crippen LogP) is 1.76. The Morgan fingerprint density at radius 3 is 3.00 bits per heavy atom. The molecule has 1 aromatic heterocycles. The van der Waals surface area contributed by atoms with E-state index in [1.54, 1.807) is 0 Å². The molecule has 2 rings (SSSR count). The van der Waals surface area contributed by atoms with Crippen LogP contribution in [0.25, 0.3) is 0 Å². The Labute approximate surface area is 108 Å². The van der Waals surface area contributed by atoms with Gasteiger partial charge in [-0.15, -0.1) is 0 Å². The Bertz CT molecular complexity index is 398. The highest BCUT2D eigenvalue weighted by Gasteiger charge is 2.27. The van der Waals surface area contributed by atoms with E-state index < -0.39 is 0 Å². The maximum atomic E-state index is 9.30. The van der Waals surface area contributed by atoms with Crippen molar-refractivity contribution in [2.24, 2.45) is 5.92 Å². The summed E-state index contributed by atoms with van der Waals surface area (Å²) in [7, 11) is 0. The van der Waals surface area contributed by atoms with Crippen molar-refractivity contribution in [2.75, 3.05) is 18.5 Å². The minimum Gasteiger partial charge on any atom is -0.478 e. The van der Waals surface area contributed by atoms with E-state index in [0.717, 1.165) is 25.0 Å². The molecule has 2 N–H and O–H groups in total. The van der Waals surface area contributed by atoms with Gasteiger partial charge in [-0.05, 0) is 26.7 Å². The number of nitrogens with zero attached hydrogens (tertiary/aromatic N) is 2. The molecular weight excluding hydrogens is 230 g/mol. The third kappa shape index (κ3) is 3.10. The van der Waals surface area contributed by atoms with Crippen molar-refractivity contribution in [1.29, 1.82) is 0 Å². The van der Waals surface area contributed by atoms with Gasteiger partial charge in [-0.1, -0.05) is 6.42 Å². The second-order valence-electron chi connectivity index (χ2n) is 4.73. The molecule has 100 valence electrons. The highest BCUT2D eigenvalue weighted by Crippen LogP contribution is 2.27. The van der Waals surface area contributed by atoms with Crippen LogP contribution in [0.15, 0.2) is 6.07 Å². The summed E-state index contributed by atoms with van der Waals surface area (Å²) in [5.41, 5.74) is 0.884. The van der Waals surface area contributed by atoms with Gasteiger partial charge in [-0.2, -0.15) is 4.98 Å². The number of aryl methyl sites for hydroxylation is 1. The van der Waals surface area contributed by atoms with Crippen LogP contribution in [0.1, 0.15) is 31.9 Å². The highest BCUT2D eigenvalue weighted by atomic mass is 16.5. The molecule has 0 aliphatic heterocycles. The van der Waals surface area contributed by atoms with Gasteiger partial charge >= 0.3 is 0 Å². The Balaban J connectivity index is 2.08. The van der Waals surface area contributed by atoms with Crippen molar-refractivity contribution in [3.8, 4) is 5.88 Å². The molecule has 0 radical (unpaired) electrons. The fourth-order valence-corrected chi connectivity index (χ4v) is 2.44. The van der Waals surface area contributed by atoms with Gasteiger partial charge in [0.2, 0.25) is 11.8 Å². The van der Waals surface area contributed by atoms with Crippen LogP contribution in [0, 0.1) is 12.8 Å². The summed E-state index contributed by atoms with van der Waals surface area (Å²) in [5.74, 6) is 1.51. The molecule has 2 unspecified atom stereocenters. The summed E-state index contributed by atoms with van der Waals surface area (Å²) in [6.45, 7) is 4.68. The van der Waals surface area contributed by atoms with E-state index in [1.165, 1.54) is 0 Å². The van der Waals surface area contributed by atoms with Crippen LogP contribution < -0.4 is 10.1 Å². The lowest BCUT2D eigenvalue weighted by Gasteiger charge is -2.19. The lowest BCUT2D eigenvalue weighted by molar-refractivity contribution is 0.222. The van der Waals surface area contributed by atoms with E-state index >= 15 is 0 Å². The Morgan fingerprint density at radius 2 is 2.28 bits per heavy atom. The molecule has 1 aliphatic rings.